The Labute approximate surface area is 53.6 Å². The van der Waals surface area contributed by atoms with Gasteiger partial charge in [0.05, 0.1) is 0 Å². The van der Waals surface area contributed by atoms with Gasteiger partial charge in [0.2, 0.25) is 0 Å². The predicted octanol–water partition coefficient (Wildman–Crippen LogP) is 0.0881. The van der Waals surface area contributed by atoms with Crippen LogP contribution in [0.25, 0.3) is 0 Å². The fraction of sp³-hybridized carbons (Fsp3) is 1.00. The molecule has 0 aliphatic heterocycles. The molecule has 1 fully saturated rings. The fourth-order valence-electron chi connectivity index (χ4n) is 0.814. The standard InChI is InChI=1S/C4H8BClO2/c6-2-3-1-4(3)5(7)8/h3-4,7-8H,1-2H2/t3-,4+/m1/s1. The van der Waals surface area contributed by atoms with Crippen molar-refractivity contribution < 1.29 is 10.0 Å². The zero-order valence-corrected chi connectivity index (χ0v) is 5.17. The van der Waals surface area contributed by atoms with Crippen molar-refractivity contribution in [3.63, 3.8) is 0 Å². The van der Waals surface area contributed by atoms with Crippen molar-refractivity contribution in [1.82, 2.24) is 0 Å². The van der Waals surface area contributed by atoms with Gasteiger partial charge in [0.25, 0.3) is 0 Å². The zero-order valence-electron chi connectivity index (χ0n) is 4.42. The number of rotatable bonds is 2. The van der Waals surface area contributed by atoms with Gasteiger partial charge in [-0.15, -0.1) is 11.6 Å². The largest absolute Gasteiger partial charge is 0.455 e. The summed E-state index contributed by atoms with van der Waals surface area (Å²) in [5.74, 6) is 0.978. The van der Waals surface area contributed by atoms with Crippen molar-refractivity contribution in [3.05, 3.63) is 0 Å². The molecule has 0 heterocycles. The quantitative estimate of drug-likeness (QED) is 0.415. The minimum atomic E-state index is -1.14. The third-order valence-corrected chi connectivity index (χ3v) is 1.95. The van der Waals surface area contributed by atoms with Gasteiger partial charge in [-0.25, -0.2) is 0 Å². The van der Waals surface area contributed by atoms with E-state index in [2.05, 4.69) is 0 Å². The van der Waals surface area contributed by atoms with Gasteiger partial charge in [-0.05, 0) is 18.2 Å². The van der Waals surface area contributed by atoms with E-state index < -0.39 is 7.12 Å². The Balaban J connectivity index is 2.16. The highest BCUT2D eigenvalue weighted by atomic mass is 35.5. The summed E-state index contributed by atoms with van der Waals surface area (Å²) in [6.45, 7) is 0. The molecule has 0 saturated heterocycles. The summed E-state index contributed by atoms with van der Waals surface area (Å²) < 4.78 is 0. The number of hydrogen-bond donors (Lipinski definition) is 2. The van der Waals surface area contributed by atoms with Crippen LogP contribution in [0.4, 0.5) is 0 Å². The molecule has 0 radical (unpaired) electrons. The lowest BCUT2D eigenvalue weighted by Crippen LogP contribution is -2.11. The Morgan fingerprint density at radius 3 is 2.38 bits per heavy atom. The molecule has 46 valence electrons. The van der Waals surface area contributed by atoms with Gasteiger partial charge in [-0.2, -0.15) is 0 Å². The summed E-state index contributed by atoms with van der Waals surface area (Å²) in [5, 5.41) is 17.0. The molecule has 1 rings (SSSR count). The summed E-state index contributed by atoms with van der Waals surface area (Å²) >= 11 is 5.42. The molecule has 0 amide bonds. The molecule has 2 N–H and O–H groups in total. The van der Waals surface area contributed by atoms with Gasteiger partial charge in [0, 0.05) is 5.88 Å². The topological polar surface area (TPSA) is 40.5 Å². The lowest BCUT2D eigenvalue weighted by molar-refractivity contribution is 0.401. The van der Waals surface area contributed by atoms with Crippen LogP contribution >= 0.6 is 11.6 Å². The maximum atomic E-state index is 8.49. The van der Waals surface area contributed by atoms with E-state index in [0.29, 0.717) is 11.8 Å². The molecule has 2 atom stereocenters. The molecular formula is C4H8BClO2. The maximum Gasteiger partial charge on any atom is 0.455 e. The second-order valence-electron chi connectivity index (χ2n) is 2.23. The molecule has 1 aliphatic rings. The zero-order chi connectivity index (χ0) is 6.15. The molecule has 8 heavy (non-hydrogen) atoms. The molecule has 1 aliphatic carbocycles. The smallest absolute Gasteiger partial charge is 0.427 e. The predicted molar refractivity (Wildman–Crippen MR) is 32.8 cm³/mol. The van der Waals surface area contributed by atoms with Gasteiger partial charge in [0.1, 0.15) is 0 Å². The summed E-state index contributed by atoms with van der Waals surface area (Å²) in [6, 6.07) is 0. The average Bonchev–Trinajstić information content (AvgIpc) is 2.42. The summed E-state index contributed by atoms with van der Waals surface area (Å²) in [6.07, 6.45) is 0.876. The minimum absolute atomic E-state index is 0.0625. The van der Waals surface area contributed by atoms with E-state index in [-0.39, 0.29) is 5.82 Å². The lowest BCUT2D eigenvalue weighted by atomic mass is 9.82. The summed E-state index contributed by atoms with van der Waals surface area (Å²) in [7, 11) is -1.14. The molecule has 0 bridgehead atoms. The normalized spacial score (nSPS) is 34.9. The third-order valence-electron chi connectivity index (χ3n) is 1.56. The average molecular weight is 134 g/mol. The van der Waals surface area contributed by atoms with Crippen LogP contribution in [-0.4, -0.2) is 23.0 Å². The molecule has 0 spiro atoms. The van der Waals surface area contributed by atoms with Crippen LogP contribution in [0.2, 0.25) is 5.82 Å². The second kappa shape index (κ2) is 2.25. The first-order chi connectivity index (χ1) is 3.75. The highest BCUT2D eigenvalue weighted by Crippen LogP contribution is 2.46. The lowest BCUT2D eigenvalue weighted by Gasteiger charge is -1.90. The van der Waals surface area contributed by atoms with E-state index in [1.165, 1.54) is 0 Å². The highest BCUT2D eigenvalue weighted by Gasteiger charge is 2.44. The van der Waals surface area contributed by atoms with Gasteiger partial charge in [-0.3, -0.25) is 0 Å². The van der Waals surface area contributed by atoms with E-state index in [4.69, 9.17) is 21.6 Å². The Morgan fingerprint density at radius 2 is 2.25 bits per heavy atom. The van der Waals surface area contributed by atoms with Crippen LogP contribution in [0, 0.1) is 5.92 Å². The molecular weight excluding hydrogens is 126 g/mol. The van der Waals surface area contributed by atoms with Gasteiger partial charge >= 0.3 is 7.12 Å². The Kier molecular flexibility index (Phi) is 1.80. The van der Waals surface area contributed by atoms with E-state index in [1.807, 2.05) is 0 Å². The van der Waals surface area contributed by atoms with Crippen molar-refractivity contribution in [2.45, 2.75) is 12.2 Å². The molecule has 1 saturated carbocycles. The van der Waals surface area contributed by atoms with E-state index >= 15 is 0 Å². The van der Waals surface area contributed by atoms with Crippen LogP contribution in [-0.2, 0) is 0 Å². The van der Waals surface area contributed by atoms with E-state index in [9.17, 15) is 0 Å². The monoisotopic (exact) mass is 134 g/mol. The van der Waals surface area contributed by atoms with Crippen LogP contribution in [0.1, 0.15) is 6.42 Å². The first-order valence-corrected chi connectivity index (χ1v) is 3.21. The van der Waals surface area contributed by atoms with Crippen molar-refractivity contribution in [1.29, 1.82) is 0 Å². The minimum Gasteiger partial charge on any atom is -0.427 e. The molecule has 0 aromatic heterocycles. The molecule has 0 aromatic carbocycles. The Bertz CT molecular complexity index is 88.1. The van der Waals surface area contributed by atoms with Crippen molar-refractivity contribution in [2.75, 3.05) is 5.88 Å². The molecule has 0 aromatic rings. The van der Waals surface area contributed by atoms with Crippen molar-refractivity contribution in [2.24, 2.45) is 5.92 Å². The first kappa shape index (κ1) is 6.40. The Hall–Kier alpha value is 0.275. The second-order valence-corrected chi connectivity index (χ2v) is 2.54. The fourth-order valence-corrected chi connectivity index (χ4v) is 1.17. The number of halogens is 1. The van der Waals surface area contributed by atoms with Crippen LogP contribution < -0.4 is 0 Å². The van der Waals surface area contributed by atoms with Crippen LogP contribution in [0.15, 0.2) is 0 Å². The van der Waals surface area contributed by atoms with Crippen LogP contribution in [0.3, 0.4) is 0 Å². The van der Waals surface area contributed by atoms with Gasteiger partial charge < -0.3 is 10.0 Å². The van der Waals surface area contributed by atoms with E-state index in [0.717, 1.165) is 6.42 Å². The van der Waals surface area contributed by atoms with Crippen molar-refractivity contribution in [3.8, 4) is 0 Å². The van der Waals surface area contributed by atoms with E-state index in [1.54, 1.807) is 0 Å². The van der Waals surface area contributed by atoms with Crippen LogP contribution in [0.5, 0.6) is 0 Å². The summed E-state index contributed by atoms with van der Waals surface area (Å²) in [4.78, 5) is 0. The first-order valence-electron chi connectivity index (χ1n) is 2.68. The van der Waals surface area contributed by atoms with Gasteiger partial charge in [0.15, 0.2) is 0 Å². The highest BCUT2D eigenvalue weighted by molar-refractivity contribution is 6.44. The number of hydrogen-bond acceptors (Lipinski definition) is 2. The van der Waals surface area contributed by atoms with Crippen molar-refractivity contribution >= 4 is 18.7 Å². The molecule has 2 nitrogen and oxygen atoms in total. The van der Waals surface area contributed by atoms with Gasteiger partial charge in [-0.1, -0.05) is 0 Å². The summed E-state index contributed by atoms with van der Waals surface area (Å²) in [5.41, 5.74) is 0. The molecule has 4 heteroatoms. The third kappa shape index (κ3) is 1.16. The molecule has 0 unspecified atom stereocenters. The Morgan fingerprint density at radius 1 is 1.62 bits per heavy atom. The maximum absolute atomic E-state index is 8.49. The SMILES string of the molecule is OB(O)[C@H]1C[C@@H]1CCl. The number of alkyl halides is 1.